The summed E-state index contributed by atoms with van der Waals surface area (Å²) in [6, 6.07) is 0. The van der Waals surface area contributed by atoms with Crippen molar-refractivity contribution < 1.29 is 24.9 Å². The third-order valence-electron chi connectivity index (χ3n) is 7.84. The molecule has 25 heavy (non-hydrogen) atoms. The van der Waals surface area contributed by atoms with Gasteiger partial charge in [0, 0.05) is 11.5 Å². The fourth-order valence-corrected chi connectivity index (χ4v) is 6.82. The molecule has 0 unspecified atom stereocenters. The van der Waals surface area contributed by atoms with E-state index in [9.17, 15) is 24.9 Å². The van der Waals surface area contributed by atoms with Crippen LogP contribution in [0.1, 0.15) is 52.4 Å². The van der Waals surface area contributed by atoms with Crippen LogP contribution in [0.5, 0.6) is 0 Å². The predicted molar refractivity (Wildman–Crippen MR) is 90.7 cm³/mol. The van der Waals surface area contributed by atoms with Crippen molar-refractivity contribution in [1.29, 1.82) is 0 Å². The molecule has 5 heteroatoms. The number of hydrogen-bond acceptors (Lipinski definition) is 4. The second kappa shape index (κ2) is 4.63. The van der Waals surface area contributed by atoms with Gasteiger partial charge in [-0.2, -0.15) is 0 Å². The quantitative estimate of drug-likeness (QED) is 0.500. The van der Waals surface area contributed by atoms with E-state index in [-0.39, 0.29) is 24.2 Å². The molecule has 1 spiro atoms. The van der Waals surface area contributed by atoms with Crippen molar-refractivity contribution in [2.75, 3.05) is 0 Å². The number of carbonyl (C=O) groups is 2. The standard InChI is InChI=1S/C20H26O5/c1-11-15(22)19-9-12(21)14-17(2,6-4-7-18(14,3)16(23)24)13(19)5-8-20(11,25)10-19/h5,12,14,21,25H,1,4,6-10H2,2-3H3,(H,23,24)/t12-,14-,17-,18+,19+,20-/m1/s1. The van der Waals surface area contributed by atoms with Crippen LogP contribution < -0.4 is 0 Å². The number of aliphatic carboxylic acids is 1. The van der Waals surface area contributed by atoms with Crippen molar-refractivity contribution in [2.24, 2.45) is 22.2 Å². The van der Waals surface area contributed by atoms with Crippen LogP contribution in [0, 0.1) is 22.2 Å². The molecule has 0 saturated heterocycles. The summed E-state index contributed by atoms with van der Waals surface area (Å²) < 4.78 is 0. The molecular formula is C20H26O5. The van der Waals surface area contributed by atoms with Gasteiger partial charge < -0.3 is 15.3 Å². The van der Waals surface area contributed by atoms with E-state index in [2.05, 4.69) is 6.58 Å². The monoisotopic (exact) mass is 346 g/mol. The van der Waals surface area contributed by atoms with Crippen LogP contribution >= 0.6 is 0 Å². The van der Waals surface area contributed by atoms with Gasteiger partial charge in [-0.25, -0.2) is 0 Å². The Bertz CT molecular complexity index is 738. The van der Waals surface area contributed by atoms with E-state index in [1.807, 2.05) is 13.0 Å². The Morgan fingerprint density at radius 3 is 2.64 bits per heavy atom. The van der Waals surface area contributed by atoms with Gasteiger partial charge in [0.05, 0.1) is 22.5 Å². The number of carbonyl (C=O) groups excluding carboxylic acids is 1. The normalized spacial score (nSPS) is 51.6. The Labute approximate surface area is 147 Å². The van der Waals surface area contributed by atoms with E-state index in [1.54, 1.807) is 6.92 Å². The molecule has 3 fully saturated rings. The van der Waals surface area contributed by atoms with Crippen LogP contribution in [0.4, 0.5) is 0 Å². The van der Waals surface area contributed by atoms with Gasteiger partial charge in [0.1, 0.15) is 0 Å². The highest BCUT2D eigenvalue weighted by Gasteiger charge is 2.70. The lowest BCUT2D eigenvalue weighted by molar-refractivity contribution is -0.175. The number of aliphatic hydroxyl groups is 2. The highest BCUT2D eigenvalue weighted by atomic mass is 16.4. The van der Waals surface area contributed by atoms with Gasteiger partial charge in [-0.05, 0) is 44.4 Å². The lowest BCUT2D eigenvalue weighted by Crippen LogP contribution is -2.61. The fourth-order valence-electron chi connectivity index (χ4n) is 6.82. The summed E-state index contributed by atoms with van der Waals surface area (Å²) in [5.74, 6) is -1.48. The SMILES string of the molecule is C=C1C(=O)[C@]23C[C@@H](O)[C@H]4[C@@](C)(C(=O)O)CCC[C@]4(C)C2=CC[C@@]1(O)C3. The second-order valence-electron chi connectivity index (χ2n) is 9.16. The Balaban J connectivity index is 1.91. The van der Waals surface area contributed by atoms with Crippen molar-refractivity contribution in [3.05, 3.63) is 23.8 Å². The first-order valence-electron chi connectivity index (χ1n) is 9.10. The first kappa shape index (κ1) is 17.0. The molecule has 0 aromatic heterocycles. The maximum atomic E-state index is 13.1. The largest absolute Gasteiger partial charge is 0.481 e. The van der Waals surface area contributed by atoms with Gasteiger partial charge in [0.25, 0.3) is 0 Å². The Morgan fingerprint density at radius 1 is 1.32 bits per heavy atom. The molecule has 5 nitrogen and oxygen atoms in total. The number of Topliss-reactive ketones (excluding diaryl/α,β-unsaturated/α-hetero) is 1. The van der Waals surface area contributed by atoms with Crippen molar-refractivity contribution in [3.8, 4) is 0 Å². The lowest BCUT2D eigenvalue weighted by atomic mass is 9.43. The number of allylic oxidation sites excluding steroid dienone is 1. The molecule has 0 aromatic carbocycles. The van der Waals surface area contributed by atoms with Crippen LogP contribution in [-0.2, 0) is 9.59 Å². The van der Waals surface area contributed by atoms with Crippen LogP contribution in [0.2, 0.25) is 0 Å². The van der Waals surface area contributed by atoms with E-state index >= 15 is 0 Å². The average Bonchev–Trinajstić information content (AvgIpc) is 2.64. The van der Waals surface area contributed by atoms with Crippen molar-refractivity contribution in [1.82, 2.24) is 0 Å². The van der Waals surface area contributed by atoms with Crippen molar-refractivity contribution in [2.45, 2.75) is 64.1 Å². The van der Waals surface area contributed by atoms with Gasteiger partial charge in [0.15, 0.2) is 5.78 Å². The van der Waals surface area contributed by atoms with Gasteiger partial charge in [0.2, 0.25) is 0 Å². The number of fused-ring (bicyclic) bond motifs is 3. The molecule has 6 atom stereocenters. The second-order valence-corrected chi connectivity index (χ2v) is 9.16. The minimum atomic E-state index is -1.21. The molecule has 0 heterocycles. The van der Waals surface area contributed by atoms with E-state index in [0.29, 0.717) is 12.8 Å². The summed E-state index contributed by atoms with van der Waals surface area (Å²) in [7, 11) is 0. The van der Waals surface area contributed by atoms with Gasteiger partial charge in [-0.15, -0.1) is 0 Å². The van der Waals surface area contributed by atoms with Crippen LogP contribution in [0.15, 0.2) is 23.8 Å². The van der Waals surface area contributed by atoms with Gasteiger partial charge in [-0.1, -0.05) is 31.6 Å². The fraction of sp³-hybridized carbons (Fsp3) is 0.700. The predicted octanol–water partition coefficient (Wildman–Crippen LogP) is 2.22. The first-order valence-corrected chi connectivity index (χ1v) is 9.10. The summed E-state index contributed by atoms with van der Waals surface area (Å²) in [5.41, 5.74) is -2.51. The third-order valence-corrected chi connectivity index (χ3v) is 7.84. The molecule has 4 aliphatic carbocycles. The van der Waals surface area contributed by atoms with E-state index in [0.717, 1.165) is 18.4 Å². The topological polar surface area (TPSA) is 94.8 Å². The Morgan fingerprint density at radius 2 is 2.00 bits per heavy atom. The number of rotatable bonds is 1. The third kappa shape index (κ3) is 1.76. The van der Waals surface area contributed by atoms with Gasteiger partial charge in [-0.3, -0.25) is 9.59 Å². The summed E-state index contributed by atoms with van der Waals surface area (Å²) in [4.78, 5) is 25.1. The molecule has 136 valence electrons. The van der Waals surface area contributed by atoms with Crippen molar-refractivity contribution >= 4 is 11.8 Å². The summed E-state index contributed by atoms with van der Waals surface area (Å²) >= 11 is 0. The Kier molecular flexibility index (Phi) is 3.14. The Hall–Kier alpha value is -1.46. The highest BCUT2D eigenvalue weighted by molar-refractivity contribution is 6.07. The molecule has 3 N–H and O–H groups in total. The highest BCUT2D eigenvalue weighted by Crippen LogP contribution is 2.70. The number of ketones is 1. The molecule has 4 rings (SSSR count). The number of carboxylic acids is 1. The molecular weight excluding hydrogens is 320 g/mol. The minimum absolute atomic E-state index is 0.167. The van der Waals surface area contributed by atoms with Crippen LogP contribution in [0.25, 0.3) is 0 Å². The van der Waals surface area contributed by atoms with E-state index in [1.165, 1.54) is 0 Å². The summed E-state index contributed by atoms with van der Waals surface area (Å²) in [5, 5.41) is 31.7. The van der Waals surface area contributed by atoms with Gasteiger partial charge >= 0.3 is 5.97 Å². The molecule has 2 bridgehead atoms. The maximum absolute atomic E-state index is 13.1. The number of hydrogen-bond donors (Lipinski definition) is 3. The minimum Gasteiger partial charge on any atom is -0.481 e. The number of carboxylic acid groups (broad SMARTS) is 1. The van der Waals surface area contributed by atoms with E-state index in [4.69, 9.17) is 0 Å². The average molecular weight is 346 g/mol. The number of aliphatic hydroxyl groups excluding tert-OH is 1. The molecule has 0 aromatic rings. The van der Waals surface area contributed by atoms with Crippen LogP contribution in [-0.4, -0.2) is 38.8 Å². The van der Waals surface area contributed by atoms with Crippen LogP contribution in [0.3, 0.4) is 0 Å². The molecule has 3 saturated carbocycles. The smallest absolute Gasteiger partial charge is 0.309 e. The maximum Gasteiger partial charge on any atom is 0.309 e. The zero-order valence-corrected chi connectivity index (χ0v) is 14.8. The summed E-state index contributed by atoms with van der Waals surface area (Å²) in [6.45, 7) is 7.57. The zero-order valence-electron chi connectivity index (χ0n) is 14.8. The molecule has 0 aliphatic heterocycles. The summed E-state index contributed by atoms with van der Waals surface area (Å²) in [6.07, 6.45) is 3.89. The lowest BCUT2D eigenvalue weighted by Gasteiger charge is -2.61. The molecule has 4 aliphatic rings. The van der Waals surface area contributed by atoms with Crippen molar-refractivity contribution in [3.63, 3.8) is 0 Å². The molecule has 0 amide bonds. The zero-order chi connectivity index (χ0) is 18.4. The molecule has 0 radical (unpaired) electrons. The first-order chi connectivity index (χ1) is 11.5. The van der Waals surface area contributed by atoms with E-state index < -0.39 is 39.8 Å².